The lowest BCUT2D eigenvalue weighted by molar-refractivity contribution is -0.117. The van der Waals surface area contributed by atoms with Gasteiger partial charge in [0.1, 0.15) is 0 Å². The van der Waals surface area contributed by atoms with Gasteiger partial charge in [0.2, 0.25) is 5.91 Å². The summed E-state index contributed by atoms with van der Waals surface area (Å²) in [7, 11) is 1.31. The SMILES string of the molecule is COC(=O)c1cc(Cl)ccc1N1CC(CBr)CC1=O. The molecule has 1 saturated heterocycles. The van der Waals surface area contributed by atoms with Crippen LogP contribution in [-0.4, -0.2) is 30.9 Å². The van der Waals surface area contributed by atoms with E-state index in [-0.39, 0.29) is 11.8 Å². The summed E-state index contributed by atoms with van der Waals surface area (Å²) in [6, 6.07) is 4.87. The molecule has 1 aromatic carbocycles. The fraction of sp³-hybridized carbons (Fsp3) is 0.385. The highest BCUT2D eigenvalue weighted by Gasteiger charge is 2.32. The lowest BCUT2D eigenvalue weighted by atomic mass is 10.1. The number of carbonyl (C=O) groups excluding carboxylic acids is 2. The second kappa shape index (κ2) is 5.92. The maximum atomic E-state index is 12.0. The summed E-state index contributed by atoms with van der Waals surface area (Å²) in [4.78, 5) is 25.4. The van der Waals surface area contributed by atoms with Crippen molar-refractivity contribution in [3.63, 3.8) is 0 Å². The van der Waals surface area contributed by atoms with Crippen LogP contribution in [0.25, 0.3) is 0 Å². The molecule has 1 amide bonds. The molecule has 102 valence electrons. The van der Waals surface area contributed by atoms with E-state index in [0.29, 0.717) is 29.2 Å². The maximum Gasteiger partial charge on any atom is 0.340 e. The highest BCUT2D eigenvalue weighted by atomic mass is 79.9. The predicted octanol–water partition coefficient (Wildman–Crippen LogP) is 2.87. The third-order valence-electron chi connectivity index (χ3n) is 3.08. The van der Waals surface area contributed by atoms with Crippen LogP contribution in [0.3, 0.4) is 0 Å². The first kappa shape index (κ1) is 14.3. The number of amides is 1. The molecule has 0 aliphatic carbocycles. The van der Waals surface area contributed by atoms with Crippen molar-refractivity contribution < 1.29 is 14.3 Å². The van der Waals surface area contributed by atoms with Crippen LogP contribution in [0.4, 0.5) is 5.69 Å². The van der Waals surface area contributed by atoms with Crippen LogP contribution in [0.1, 0.15) is 16.8 Å². The standard InChI is InChI=1S/C13H13BrClNO3/c1-19-13(18)10-5-9(15)2-3-11(10)16-7-8(6-14)4-12(16)17/h2-3,5,8H,4,6-7H2,1H3. The van der Waals surface area contributed by atoms with E-state index >= 15 is 0 Å². The lowest BCUT2D eigenvalue weighted by Crippen LogP contribution is -2.26. The summed E-state index contributed by atoms with van der Waals surface area (Å²) in [5, 5.41) is 1.20. The molecule has 0 radical (unpaired) electrons. The summed E-state index contributed by atoms with van der Waals surface area (Å²) < 4.78 is 4.74. The Morgan fingerprint density at radius 2 is 2.32 bits per heavy atom. The monoisotopic (exact) mass is 345 g/mol. The van der Waals surface area contributed by atoms with E-state index < -0.39 is 5.97 Å². The van der Waals surface area contributed by atoms with Crippen LogP contribution in [-0.2, 0) is 9.53 Å². The van der Waals surface area contributed by atoms with Crippen LogP contribution >= 0.6 is 27.5 Å². The molecule has 1 unspecified atom stereocenters. The third kappa shape index (κ3) is 2.92. The normalized spacial score (nSPS) is 18.8. The molecule has 1 aliphatic rings. The molecular formula is C13H13BrClNO3. The molecule has 4 nitrogen and oxygen atoms in total. The van der Waals surface area contributed by atoms with Crippen molar-refractivity contribution in [3.05, 3.63) is 28.8 Å². The Morgan fingerprint density at radius 3 is 2.89 bits per heavy atom. The van der Waals surface area contributed by atoms with E-state index in [2.05, 4.69) is 15.9 Å². The number of hydrogen-bond donors (Lipinski definition) is 0. The van der Waals surface area contributed by atoms with Crippen molar-refractivity contribution in [1.82, 2.24) is 0 Å². The number of halogens is 2. The van der Waals surface area contributed by atoms with Gasteiger partial charge in [-0.1, -0.05) is 27.5 Å². The smallest absolute Gasteiger partial charge is 0.340 e. The molecule has 0 saturated carbocycles. The van der Waals surface area contributed by atoms with Gasteiger partial charge in [0.05, 0.1) is 18.4 Å². The molecule has 0 N–H and O–H groups in total. The van der Waals surface area contributed by atoms with Crippen LogP contribution in [0.2, 0.25) is 5.02 Å². The van der Waals surface area contributed by atoms with E-state index in [9.17, 15) is 9.59 Å². The summed E-state index contributed by atoms with van der Waals surface area (Å²) in [5.74, 6) is -0.224. The fourth-order valence-corrected chi connectivity index (χ4v) is 2.74. The van der Waals surface area contributed by atoms with Gasteiger partial charge in [-0.05, 0) is 24.1 Å². The van der Waals surface area contributed by atoms with Crippen LogP contribution in [0.15, 0.2) is 18.2 Å². The molecule has 1 fully saturated rings. The molecule has 6 heteroatoms. The van der Waals surface area contributed by atoms with Crippen molar-refractivity contribution in [2.75, 3.05) is 23.9 Å². The fourth-order valence-electron chi connectivity index (χ4n) is 2.13. The van der Waals surface area contributed by atoms with Gasteiger partial charge in [-0.3, -0.25) is 4.79 Å². The third-order valence-corrected chi connectivity index (χ3v) is 4.23. The minimum absolute atomic E-state index is 0.0110. The minimum Gasteiger partial charge on any atom is -0.465 e. The summed E-state index contributed by atoms with van der Waals surface area (Å²) in [5.41, 5.74) is 0.878. The van der Waals surface area contributed by atoms with Gasteiger partial charge in [0.15, 0.2) is 0 Å². The summed E-state index contributed by atoms with van der Waals surface area (Å²) in [6.45, 7) is 0.593. The molecule has 1 heterocycles. The number of anilines is 1. The molecular weight excluding hydrogens is 334 g/mol. The van der Waals surface area contributed by atoms with Crippen LogP contribution in [0.5, 0.6) is 0 Å². The Labute approximate surface area is 124 Å². The number of alkyl halides is 1. The van der Waals surface area contributed by atoms with E-state index in [1.807, 2.05) is 0 Å². The van der Waals surface area contributed by atoms with E-state index in [4.69, 9.17) is 16.3 Å². The zero-order valence-corrected chi connectivity index (χ0v) is 12.7. The molecule has 1 aliphatic heterocycles. The number of nitrogens with zero attached hydrogens (tertiary/aromatic N) is 1. The van der Waals surface area contributed by atoms with Crippen molar-refractivity contribution in [2.45, 2.75) is 6.42 Å². The number of carbonyl (C=O) groups is 2. The first-order valence-electron chi connectivity index (χ1n) is 5.81. The Kier molecular flexibility index (Phi) is 4.47. The van der Waals surface area contributed by atoms with Gasteiger partial charge in [0, 0.05) is 23.3 Å². The number of ether oxygens (including phenoxy) is 1. The highest BCUT2D eigenvalue weighted by molar-refractivity contribution is 9.09. The number of esters is 1. The highest BCUT2D eigenvalue weighted by Crippen LogP contribution is 2.31. The van der Waals surface area contributed by atoms with Gasteiger partial charge in [-0.25, -0.2) is 4.79 Å². The Hall–Kier alpha value is -1.07. The molecule has 0 aromatic heterocycles. The Bertz CT molecular complexity index is 521. The number of rotatable bonds is 3. The van der Waals surface area contributed by atoms with E-state index in [1.165, 1.54) is 13.2 Å². The number of methoxy groups -OCH3 is 1. The topological polar surface area (TPSA) is 46.6 Å². The number of benzene rings is 1. The van der Waals surface area contributed by atoms with Gasteiger partial charge in [-0.15, -0.1) is 0 Å². The summed E-state index contributed by atoms with van der Waals surface area (Å²) >= 11 is 9.28. The molecule has 1 aromatic rings. The zero-order chi connectivity index (χ0) is 14.0. The van der Waals surface area contributed by atoms with Crippen LogP contribution in [0, 0.1) is 5.92 Å². The zero-order valence-electron chi connectivity index (χ0n) is 10.4. The van der Waals surface area contributed by atoms with Crippen molar-refractivity contribution in [1.29, 1.82) is 0 Å². The van der Waals surface area contributed by atoms with Gasteiger partial charge < -0.3 is 9.64 Å². The van der Waals surface area contributed by atoms with Crippen molar-refractivity contribution in [3.8, 4) is 0 Å². The Morgan fingerprint density at radius 1 is 1.58 bits per heavy atom. The first-order valence-corrected chi connectivity index (χ1v) is 7.31. The van der Waals surface area contributed by atoms with E-state index in [0.717, 1.165) is 5.33 Å². The second-order valence-corrected chi connectivity index (χ2v) is 5.47. The average molecular weight is 347 g/mol. The predicted molar refractivity (Wildman–Crippen MR) is 77.0 cm³/mol. The minimum atomic E-state index is -0.493. The largest absolute Gasteiger partial charge is 0.465 e. The van der Waals surface area contributed by atoms with Gasteiger partial charge >= 0.3 is 5.97 Å². The second-order valence-electron chi connectivity index (χ2n) is 4.38. The molecule has 1 atom stereocenters. The lowest BCUT2D eigenvalue weighted by Gasteiger charge is -2.19. The van der Waals surface area contributed by atoms with Crippen molar-refractivity contribution >= 4 is 45.1 Å². The molecule has 19 heavy (non-hydrogen) atoms. The van der Waals surface area contributed by atoms with Crippen molar-refractivity contribution in [2.24, 2.45) is 5.92 Å². The summed E-state index contributed by atoms with van der Waals surface area (Å²) in [6.07, 6.45) is 0.481. The Balaban J connectivity index is 2.39. The van der Waals surface area contributed by atoms with Gasteiger partial charge in [-0.2, -0.15) is 0 Å². The quantitative estimate of drug-likeness (QED) is 0.624. The number of hydrogen-bond acceptors (Lipinski definition) is 3. The van der Waals surface area contributed by atoms with Crippen LogP contribution < -0.4 is 4.90 Å². The molecule has 0 spiro atoms. The average Bonchev–Trinajstić information content (AvgIpc) is 2.79. The molecule has 0 bridgehead atoms. The van der Waals surface area contributed by atoms with E-state index in [1.54, 1.807) is 17.0 Å². The maximum absolute atomic E-state index is 12.0. The molecule has 2 rings (SSSR count). The first-order chi connectivity index (χ1) is 9.06. The van der Waals surface area contributed by atoms with Gasteiger partial charge in [0.25, 0.3) is 0 Å².